The number of carbonyl (C=O) groups excluding carboxylic acids is 1. The fraction of sp³-hybridized carbons (Fsp3) is 0.176. The van der Waals surface area contributed by atoms with Gasteiger partial charge >= 0.3 is 0 Å². The fourth-order valence-corrected chi connectivity index (χ4v) is 2.13. The van der Waals surface area contributed by atoms with E-state index in [0.717, 1.165) is 22.2 Å². The van der Waals surface area contributed by atoms with E-state index in [1.165, 1.54) is 0 Å². The summed E-state index contributed by atoms with van der Waals surface area (Å²) in [4.78, 5) is 19.0. The van der Waals surface area contributed by atoms with Crippen molar-refractivity contribution in [3.8, 4) is 5.75 Å². The lowest BCUT2D eigenvalue weighted by atomic mass is 10.2. The molecule has 22 heavy (non-hydrogen) atoms. The Kier molecular flexibility index (Phi) is 4.05. The van der Waals surface area contributed by atoms with Crippen molar-refractivity contribution in [1.29, 1.82) is 0 Å². The molecule has 0 saturated carbocycles. The largest absolute Gasteiger partial charge is 0.484 e. The molecule has 112 valence electrons. The lowest BCUT2D eigenvalue weighted by Gasteiger charge is -2.08. The molecule has 0 saturated heterocycles. The molecule has 5 heteroatoms. The molecule has 0 radical (unpaired) electrons. The van der Waals surface area contributed by atoms with Gasteiger partial charge < -0.3 is 15.0 Å². The summed E-state index contributed by atoms with van der Waals surface area (Å²) in [5.41, 5.74) is 4.05. The normalized spacial score (nSPS) is 10.6. The Morgan fingerprint density at radius 3 is 2.86 bits per heavy atom. The quantitative estimate of drug-likeness (QED) is 0.760. The Hall–Kier alpha value is -2.82. The summed E-state index contributed by atoms with van der Waals surface area (Å²) in [6, 6.07) is 13.5. The predicted molar refractivity (Wildman–Crippen MR) is 84.6 cm³/mol. The standard InChI is InChI=1S/C17H17N3O2/c1-12-2-5-14(6-3-12)22-10-17(21)18-9-13-4-7-15-16(8-13)20-11-19-15/h2-8,11H,9-10H2,1H3,(H,18,21)(H,19,20). The zero-order valence-electron chi connectivity index (χ0n) is 12.3. The molecule has 0 spiro atoms. The molecule has 0 unspecified atom stereocenters. The van der Waals surface area contributed by atoms with Crippen LogP contribution in [-0.4, -0.2) is 22.5 Å². The molecular formula is C17H17N3O2. The monoisotopic (exact) mass is 295 g/mol. The lowest BCUT2D eigenvalue weighted by molar-refractivity contribution is -0.123. The van der Waals surface area contributed by atoms with E-state index >= 15 is 0 Å². The van der Waals surface area contributed by atoms with Crippen molar-refractivity contribution >= 4 is 16.9 Å². The highest BCUT2D eigenvalue weighted by atomic mass is 16.5. The number of nitrogens with zero attached hydrogens (tertiary/aromatic N) is 1. The number of benzene rings is 2. The van der Waals surface area contributed by atoms with E-state index in [1.54, 1.807) is 6.33 Å². The number of hydrogen-bond donors (Lipinski definition) is 2. The van der Waals surface area contributed by atoms with Crippen molar-refractivity contribution < 1.29 is 9.53 Å². The summed E-state index contributed by atoms with van der Waals surface area (Å²) >= 11 is 0. The van der Waals surface area contributed by atoms with Gasteiger partial charge in [-0.2, -0.15) is 0 Å². The van der Waals surface area contributed by atoms with E-state index in [1.807, 2.05) is 49.4 Å². The van der Waals surface area contributed by atoms with Gasteiger partial charge in [0.05, 0.1) is 17.4 Å². The molecule has 0 atom stereocenters. The maximum atomic E-state index is 11.8. The zero-order chi connectivity index (χ0) is 15.4. The number of hydrogen-bond acceptors (Lipinski definition) is 3. The molecule has 2 N–H and O–H groups in total. The average molecular weight is 295 g/mol. The van der Waals surface area contributed by atoms with Gasteiger partial charge in [-0.15, -0.1) is 0 Å². The Morgan fingerprint density at radius 2 is 2.05 bits per heavy atom. The summed E-state index contributed by atoms with van der Waals surface area (Å²) in [5, 5.41) is 2.84. The minimum atomic E-state index is -0.148. The second kappa shape index (κ2) is 6.30. The van der Waals surface area contributed by atoms with Gasteiger partial charge in [-0.1, -0.05) is 23.8 Å². The van der Waals surface area contributed by atoms with Crippen LogP contribution in [0.1, 0.15) is 11.1 Å². The fourth-order valence-electron chi connectivity index (χ4n) is 2.13. The smallest absolute Gasteiger partial charge is 0.258 e. The van der Waals surface area contributed by atoms with Gasteiger partial charge in [0.1, 0.15) is 5.75 Å². The average Bonchev–Trinajstić information content (AvgIpc) is 3.00. The van der Waals surface area contributed by atoms with Gasteiger partial charge in [0.2, 0.25) is 0 Å². The molecule has 5 nitrogen and oxygen atoms in total. The van der Waals surface area contributed by atoms with Crippen molar-refractivity contribution in [3.05, 3.63) is 59.9 Å². The van der Waals surface area contributed by atoms with E-state index in [4.69, 9.17) is 4.74 Å². The van der Waals surface area contributed by atoms with E-state index in [9.17, 15) is 4.79 Å². The van der Waals surface area contributed by atoms with Crippen molar-refractivity contribution in [2.75, 3.05) is 6.61 Å². The Bertz CT molecular complexity index is 778. The van der Waals surface area contributed by atoms with E-state index < -0.39 is 0 Å². The molecule has 0 aliphatic carbocycles. The van der Waals surface area contributed by atoms with Gasteiger partial charge in [0.15, 0.2) is 6.61 Å². The molecule has 2 aromatic carbocycles. The highest BCUT2D eigenvalue weighted by Crippen LogP contribution is 2.12. The van der Waals surface area contributed by atoms with Crippen LogP contribution >= 0.6 is 0 Å². The van der Waals surface area contributed by atoms with Crippen molar-refractivity contribution in [3.63, 3.8) is 0 Å². The van der Waals surface area contributed by atoms with Crippen LogP contribution in [-0.2, 0) is 11.3 Å². The van der Waals surface area contributed by atoms with Crippen LogP contribution in [0.15, 0.2) is 48.8 Å². The van der Waals surface area contributed by atoms with Gasteiger partial charge in [0, 0.05) is 6.54 Å². The van der Waals surface area contributed by atoms with Crippen LogP contribution in [0.25, 0.3) is 11.0 Å². The van der Waals surface area contributed by atoms with E-state index in [2.05, 4.69) is 15.3 Å². The first-order valence-corrected chi connectivity index (χ1v) is 7.09. The summed E-state index contributed by atoms with van der Waals surface area (Å²) in [7, 11) is 0. The van der Waals surface area contributed by atoms with E-state index in [-0.39, 0.29) is 12.5 Å². The maximum absolute atomic E-state index is 11.8. The van der Waals surface area contributed by atoms with Crippen molar-refractivity contribution in [2.24, 2.45) is 0 Å². The second-order valence-corrected chi connectivity index (χ2v) is 5.13. The molecule has 3 aromatic rings. The number of nitrogens with one attached hydrogen (secondary N) is 2. The predicted octanol–water partition coefficient (Wildman–Crippen LogP) is 2.57. The van der Waals surface area contributed by atoms with Crippen LogP contribution in [0, 0.1) is 6.92 Å². The molecule has 1 heterocycles. The van der Waals surface area contributed by atoms with Crippen LogP contribution in [0.4, 0.5) is 0 Å². The molecular weight excluding hydrogens is 278 g/mol. The number of amides is 1. The third kappa shape index (κ3) is 3.44. The van der Waals surface area contributed by atoms with Crippen LogP contribution in [0.3, 0.4) is 0 Å². The van der Waals surface area contributed by atoms with Crippen LogP contribution in [0.2, 0.25) is 0 Å². The van der Waals surface area contributed by atoms with Crippen molar-refractivity contribution in [2.45, 2.75) is 13.5 Å². The van der Waals surface area contributed by atoms with Crippen LogP contribution in [0.5, 0.6) is 5.75 Å². The minimum absolute atomic E-state index is 0.00929. The number of aryl methyl sites for hydroxylation is 1. The third-order valence-corrected chi connectivity index (χ3v) is 3.37. The van der Waals surface area contributed by atoms with Crippen LogP contribution < -0.4 is 10.1 Å². The molecule has 0 aliphatic heterocycles. The third-order valence-electron chi connectivity index (χ3n) is 3.37. The Balaban J connectivity index is 1.50. The first-order valence-electron chi connectivity index (χ1n) is 7.09. The number of ether oxygens (including phenoxy) is 1. The molecule has 0 aliphatic rings. The molecule has 3 rings (SSSR count). The maximum Gasteiger partial charge on any atom is 0.258 e. The number of imidazole rings is 1. The topological polar surface area (TPSA) is 67.0 Å². The number of fused-ring (bicyclic) bond motifs is 1. The Labute approximate surface area is 128 Å². The zero-order valence-corrected chi connectivity index (χ0v) is 12.3. The number of H-pyrrole nitrogens is 1. The summed E-state index contributed by atoms with van der Waals surface area (Å²) in [6.07, 6.45) is 1.66. The molecule has 1 aromatic heterocycles. The molecule has 0 bridgehead atoms. The number of aromatic nitrogens is 2. The number of carbonyl (C=O) groups is 1. The number of aromatic amines is 1. The highest BCUT2D eigenvalue weighted by Gasteiger charge is 2.04. The highest BCUT2D eigenvalue weighted by molar-refractivity contribution is 5.78. The minimum Gasteiger partial charge on any atom is -0.484 e. The van der Waals surface area contributed by atoms with Gasteiger partial charge in [0.25, 0.3) is 5.91 Å². The van der Waals surface area contributed by atoms with E-state index in [0.29, 0.717) is 12.3 Å². The first-order chi connectivity index (χ1) is 10.7. The first kappa shape index (κ1) is 14.1. The lowest BCUT2D eigenvalue weighted by Crippen LogP contribution is -2.28. The molecule has 0 fully saturated rings. The van der Waals surface area contributed by atoms with Gasteiger partial charge in [-0.25, -0.2) is 4.98 Å². The van der Waals surface area contributed by atoms with Crippen molar-refractivity contribution in [1.82, 2.24) is 15.3 Å². The summed E-state index contributed by atoms with van der Waals surface area (Å²) in [5.74, 6) is 0.546. The SMILES string of the molecule is Cc1ccc(OCC(=O)NCc2ccc3nc[nH]c3c2)cc1. The Morgan fingerprint density at radius 1 is 1.23 bits per heavy atom. The van der Waals surface area contributed by atoms with Gasteiger partial charge in [-0.3, -0.25) is 4.79 Å². The summed E-state index contributed by atoms with van der Waals surface area (Å²) in [6.45, 7) is 2.48. The van der Waals surface area contributed by atoms with Gasteiger partial charge in [-0.05, 0) is 36.8 Å². The second-order valence-electron chi connectivity index (χ2n) is 5.13. The number of rotatable bonds is 5. The summed E-state index contributed by atoms with van der Waals surface area (Å²) < 4.78 is 5.44. The molecule has 1 amide bonds.